The number of pyridine rings is 6. The molecule has 9 heteroatoms. The van der Waals surface area contributed by atoms with E-state index in [1.165, 1.54) is 38.9 Å². The van der Waals surface area contributed by atoms with Gasteiger partial charge in [-0.1, -0.05) is 378 Å². The molecule has 0 bridgehead atoms. The van der Waals surface area contributed by atoms with Crippen molar-refractivity contribution in [2.75, 3.05) is 0 Å². The third-order valence-electron chi connectivity index (χ3n) is 19.8. The normalized spacial score (nSPS) is 11.4. The largest absolute Gasteiger partial charge is 0.256 e. The van der Waals surface area contributed by atoms with Crippen LogP contribution >= 0.6 is 0 Å². The minimum Gasteiger partial charge on any atom is -0.256 e. The molecule has 0 saturated carbocycles. The maximum absolute atomic E-state index is 8.45. The van der Waals surface area contributed by atoms with E-state index in [0.717, 1.165) is 101 Å². The highest BCUT2D eigenvalue weighted by Gasteiger charge is 2.21. The summed E-state index contributed by atoms with van der Waals surface area (Å²) in [4.78, 5) is 42.2. The molecule has 118 heavy (non-hydrogen) atoms. The molecule has 0 spiro atoms. The lowest BCUT2D eigenvalue weighted by molar-refractivity contribution is 0.766. The molecule has 0 aliphatic heterocycles. The van der Waals surface area contributed by atoms with Gasteiger partial charge in [0.15, 0.2) is 11.6 Å². The predicted octanol–water partition coefficient (Wildman–Crippen LogP) is 28.9. The summed E-state index contributed by atoms with van der Waals surface area (Å²) in [7, 11) is 0. The van der Waals surface area contributed by atoms with Crippen molar-refractivity contribution in [2.45, 2.75) is 106 Å². The van der Waals surface area contributed by atoms with E-state index in [9.17, 15) is 0 Å². The van der Waals surface area contributed by atoms with Gasteiger partial charge in [0.2, 0.25) is 0 Å². The smallest absolute Gasteiger partial charge is 0.164 e. The molecular formula is C109H101N9. The average molecular weight is 1540 g/mol. The standard InChI is InChI=1S/C26H23N.C25H23N3.2C20H19N.C18H17N3/c1-19(2)24-18-23(20-12-6-3-7-13-20)25(21-14-8-4-9-15-21)26(27-24)22-16-10-5-11-17-22;1-17(2)23-26-24(20-15-13-18(3)14-16-20)28-25(27-23)22-12-8-7-11-21(22)19-9-5-4-6-10-19;1-15(2)19-13-18(16-9-5-3-6-10-16)14-20(21-19)17-11-7-4-8-12-17;1-15(2)18-13-19(16-9-5-3-6-10-16)21-20(14-18)17-11-7-4-8-12-17;1-13(2)17-11-14(15-7-3-5-9-19-15)12-18(21-17)16-8-4-6-10-20-16/h3-19H,1-2H3;4-17H,1-3H3;2*3-15H,1-2H3;3-13H,1-2H3/i;13D,14D,15D,16D;;;. The molecule has 0 saturated heterocycles. The zero-order chi connectivity index (χ0) is 85.6. The summed E-state index contributed by atoms with van der Waals surface area (Å²) in [6.07, 6.45) is 3.60. The quantitative estimate of drug-likeness (QED) is 0.0879. The van der Waals surface area contributed by atoms with Crippen LogP contribution in [0.3, 0.4) is 0 Å². The van der Waals surface area contributed by atoms with E-state index in [-0.39, 0.29) is 41.5 Å². The van der Waals surface area contributed by atoms with Crippen LogP contribution in [0.25, 0.3) is 135 Å². The summed E-state index contributed by atoms with van der Waals surface area (Å²) >= 11 is 0. The van der Waals surface area contributed by atoms with E-state index in [2.05, 4.69) is 306 Å². The van der Waals surface area contributed by atoms with Gasteiger partial charge in [0.1, 0.15) is 5.82 Å². The Labute approximate surface area is 703 Å². The van der Waals surface area contributed by atoms with Gasteiger partial charge in [-0.3, -0.25) is 24.9 Å². The predicted molar refractivity (Wildman–Crippen MR) is 493 cm³/mol. The monoisotopic (exact) mass is 1540 g/mol. The van der Waals surface area contributed by atoms with Gasteiger partial charge >= 0.3 is 0 Å². The van der Waals surface area contributed by atoms with Gasteiger partial charge in [-0.15, -0.1) is 0 Å². The number of rotatable bonds is 17. The van der Waals surface area contributed by atoms with Crippen molar-refractivity contribution in [2.24, 2.45) is 0 Å². The summed E-state index contributed by atoms with van der Waals surface area (Å²) in [6, 6.07) is 118. The fraction of sp³-hybridized carbons (Fsp3) is 0.147. The molecular weight excluding hydrogens is 1440 g/mol. The Hall–Kier alpha value is -13.9. The van der Waals surface area contributed by atoms with Crippen LogP contribution in [0.15, 0.2) is 382 Å². The van der Waals surface area contributed by atoms with Gasteiger partial charge in [-0.05, 0) is 142 Å². The van der Waals surface area contributed by atoms with Gasteiger partial charge in [-0.2, -0.15) is 0 Å². The van der Waals surface area contributed by atoms with Crippen LogP contribution in [-0.4, -0.2) is 44.9 Å². The first kappa shape index (κ1) is 76.7. The molecule has 0 aliphatic rings. The highest BCUT2D eigenvalue weighted by atomic mass is 15.0. The van der Waals surface area contributed by atoms with Gasteiger partial charge in [0.05, 0.1) is 45.3 Å². The molecule has 0 radical (unpaired) electrons. The Bertz CT molecular complexity index is 5680. The Morgan fingerprint density at radius 2 is 0.610 bits per heavy atom. The first-order valence-corrected chi connectivity index (χ1v) is 40.5. The Morgan fingerprint density at radius 1 is 0.229 bits per heavy atom. The SMILES string of the molecule is CC(C)c1cc(-c2ccccc2)c(-c2ccccc2)c(-c2ccccc2)n1.CC(C)c1cc(-c2ccccc2)cc(-c2ccccc2)n1.CC(C)c1cc(-c2ccccc2)nc(-c2ccccc2)c1.CC(C)c1cc(-c2ccccn2)cc(-c2ccccn2)n1.[2H]c1c([2H])c(-c2nc(-c3ccccc3-c3ccccc3)nc(C(C)C)n2)c([2H])c([2H])c1C. The maximum atomic E-state index is 8.45. The number of hydrogen-bond donors (Lipinski definition) is 0. The molecule has 0 atom stereocenters. The average Bonchev–Trinajstić information content (AvgIpc) is 0.767. The van der Waals surface area contributed by atoms with Crippen LogP contribution in [0.1, 0.15) is 138 Å². The molecule has 0 amide bonds. The van der Waals surface area contributed by atoms with Gasteiger partial charge in [0.25, 0.3) is 0 Å². The Kier molecular flexibility index (Phi) is 26.3. The van der Waals surface area contributed by atoms with Crippen molar-refractivity contribution < 1.29 is 5.48 Å². The van der Waals surface area contributed by atoms with Crippen LogP contribution in [0, 0.1) is 6.92 Å². The molecule has 0 fully saturated rings. The second-order valence-electron chi connectivity index (χ2n) is 30.3. The molecule has 10 aromatic carbocycles. The minimum absolute atomic E-state index is 0.0147. The van der Waals surface area contributed by atoms with E-state index < -0.39 is 0 Å². The van der Waals surface area contributed by atoms with Gasteiger partial charge in [-0.25, -0.2) is 19.9 Å². The van der Waals surface area contributed by atoms with Crippen molar-refractivity contribution in [3.8, 4) is 135 Å². The zero-order valence-electron chi connectivity index (χ0n) is 73.0. The summed E-state index contributed by atoms with van der Waals surface area (Å²) in [6.45, 7) is 23.0. The van der Waals surface area contributed by atoms with E-state index in [4.69, 9.17) is 30.4 Å². The minimum atomic E-state index is -0.147. The second kappa shape index (κ2) is 40.4. The van der Waals surface area contributed by atoms with E-state index >= 15 is 0 Å². The van der Waals surface area contributed by atoms with Crippen molar-refractivity contribution in [3.05, 3.63) is 416 Å². The van der Waals surface area contributed by atoms with Crippen LogP contribution in [0.2, 0.25) is 0 Å². The van der Waals surface area contributed by atoms with Crippen molar-refractivity contribution in [1.82, 2.24) is 44.9 Å². The number of benzene rings is 10. The molecule has 7 aromatic heterocycles. The molecule has 17 aromatic rings. The molecule has 7 heterocycles. The third kappa shape index (κ3) is 21.7. The van der Waals surface area contributed by atoms with E-state index in [1.54, 1.807) is 13.1 Å². The summed E-state index contributed by atoms with van der Waals surface area (Å²) in [5, 5.41) is 0. The zero-order valence-corrected chi connectivity index (χ0v) is 69.0. The number of aromatic nitrogens is 9. The van der Waals surface area contributed by atoms with Crippen molar-refractivity contribution >= 4 is 0 Å². The van der Waals surface area contributed by atoms with Crippen LogP contribution in [-0.2, 0) is 0 Å². The lowest BCUT2D eigenvalue weighted by atomic mass is 9.89. The molecule has 0 unspecified atom stereocenters. The highest BCUT2D eigenvalue weighted by Crippen LogP contribution is 2.42. The lowest BCUT2D eigenvalue weighted by Crippen LogP contribution is -2.05. The van der Waals surface area contributed by atoms with Gasteiger partial charge < -0.3 is 0 Å². The van der Waals surface area contributed by atoms with E-state index in [1.807, 2.05) is 135 Å². The summed E-state index contributed by atoms with van der Waals surface area (Å²) in [5.74, 6) is 2.73. The fourth-order valence-corrected chi connectivity index (χ4v) is 13.3. The third-order valence-corrected chi connectivity index (χ3v) is 19.8. The van der Waals surface area contributed by atoms with Crippen molar-refractivity contribution in [1.29, 1.82) is 0 Å². The van der Waals surface area contributed by atoms with Crippen LogP contribution in [0.5, 0.6) is 0 Å². The highest BCUT2D eigenvalue weighted by molar-refractivity contribution is 5.93. The molecule has 9 nitrogen and oxygen atoms in total. The van der Waals surface area contributed by atoms with Crippen LogP contribution in [0.4, 0.5) is 0 Å². The lowest BCUT2D eigenvalue weighted by Gasteiger charge is -2.19. The topological polar surface area (TPSA) is 116 Å². The second-order valence-corrected chi connectivity index (χ2v) is 30.3. The molecule has 17 rings (SSSR count). The van der Waals surface area contributed by atoms with Gasteiger partial charge in [0, 0.05) is 79.9 Å². The van der Waals surface area contributed by atoms with E-state index in [0.29, 0.717) is 40.9 Å². The van der Waals surface area contributed by atoms with Crippen molar-refractivity contribution in [3.63, 3.8) is 0 Å². The maximum Gasteiger partial charge on any atom is 0.164 e. The first-order valence-electron chi connectivity index (χ1n) is 42.5. The summed E-state index contributed by atoms with van der Waals surface area (Å²) in [5.41, 5.74) is 27.8. The number of hydrogen-bond acceptors (Lipinski definition) is 9. The fourth-order valence-electron chi connectivity index (χ4n) is 13.3. The number of nitrogens with zero attached hydrogens (tertiary/aromatic N) is 9. The first-order chi connectivity index (χ1) is 59.2. The molecule has 0 N–H and O–H groups in total. The molecule has 0 aliphatic carbocycles. The molecule has 582 valence electrons. The van der Waals surface area contributed by atoms with Crippen LogP contribution < -0.4 is 0 Å². The summed E-state index contributed by atoms with van der Waals surface area (Å²) < 4.78 is 33.3. The Morgan fingerprint density at radius 3 is 1.08 bits per heavy atom. The Balaban J connectivity index is 0.000000133.